The predicted octanol–water partition coefficient (Wildman–Crippen LogP) is 0.871. The second kappa shape index (κ2) is 9.07. The Morgan fingerprint density at radius 2 is 1.89 bits per heavy atom. The van der Waals surface area contributed by atoms with Crippen LogP contribution in [0.3, 0.4) is 0 Å². The van der Waals surface area contributed by atoms with Crippen LogP contribution in [0.2, 0.25) is 0 Å². The molecule has 2 rings (SSSR count). The van der Waals surface area contributed by atoms with Crippen LogP contribution in [0.1, 0.15) is 13.3 Å². The highest BCUT2D eigenvalue weighted by atomic mass is 16.6. The Morgan fingerprint density at radius 3 is 2.50 bits per heavy atom. The van der Waals surface area contributed by atoms with Gasteiger partial charge in [-0.15, -0.1) is 0 Å². The molecule has 1 aliphatic heterocycles. The van der Waals surface area contributed by atoms with E-state index in [-0.39, 0.29) is 18.9 Å². The molecule has 0 saturated carbocycles. The third-order valence-corrected chi connectivity index (χ3v) is 4.21. The maximum atomic E-state index is 12.4. The minimum atomic E-state index is -1.22. The molecular weight excluding hydrogens is 372 g/mol. The molecule has 0 spiro atoms. The molecule has 1 N–H and O–H groups in total. The van der Waals surface area contributed by atoms with Crippen LogP contribution in [0, 0.1) is 5.92 Å². The third-order valence-electron chi connectivity index (χ3n) is 4.21. The molecule has 1 aromatic rings. The zero-order valence-electron chi connectivity index (χ0n) is 16.0. The zero-order chi connectivity index (χ0) is 20.8. The lowest BCUT2D eigenvalue weighted by atomic mass is 10.1. The van der Waals surface area contributed by atoms with E-state index < -0.39 is 30.0 Å². The summed E-state index contributed by atoms with van der Waals surface area (Å²) in [5.41, 5.74) is 0.500. The first kappa shape index (κ1) is 21.0. The van der Waals surface area contributed by atoms with E-state index in [2.05, 4.69) is 4.74 Å². The fraction of sp³-hybridized carbons (Fsp3) is 0.444. The van der Waals surface area contributed by atoms with Gasteiger partial charge in [0.1, 0.15) is 11.5 Å². The molecule has 1 fully saturated rings. The van der Waals surface area contributed by atoms with Crippen LogP contribution in [-0.2, 0) is 23.9 Å². The van der Waals surface area contributed by atoms with Crippen LogP contribution in [-0.4, -0.2) is 57.9 Å². The summed E-state index contributed by atoms with van der Waals surface area (Å²) >= 11 is 0. The van der Waals surface area contributed by atoms with Crippen molar-refractivity contribution in [3.63, 3.8) is 0 Å². The van der Waals surface area contributed by atoms with Crippen molar-refractivity contribution in [2.45, 2.75) is 19.4 Å². The van der Waals surface area contributed by atoms with Crippen molar-refractivity contribution >= 4 is 29.6 Å². The van der Waals surface area contributed by atoms with E-state index in [1.165, 1.54) is 26.0 Å². The Balaban J connectivity index is 2.05. The smallest absolute Gasteiger partial charge is 0.413 e. The van der Waals surface area contributed by atoms with Gasteiger partial charge in [0.05, 0.1) is 32.9 Å². The highest BCUT2D eigenvalue weighted by Crippen LogP contribution is 2.36. The molecule has 10 heteroatoms. The Kier molecular flexibility index (Phi) is 6.80. The SMILES string of the molecule is COC(=O)NC(=O)[C@H](C)OC(=O)[C@@H]1CC(=O)N(c2ccc(OC)cc2OC)C1. The minimum Gasteiger partial charge on any atom is -0.497 e. The number of nitrogens with one attached hydrogen (secondary N) is 1. The Hall–Kier alpha value is -3.30. The van der Waals surface area contributed by atoms with Crippen molar-refractivity contribution in [3.8, 4) is 11.5 Å². The number of carbonyl (C=O) groups is 4. The van der Waals surface area contributed by atoms with Gasteiger partial charge in [0.2, 0.25) is 5.91 Å². The lowest BCUT2D eigenvalue weighted by Crippen LogP contribution is -2.40. The van der Waals surface area contributed by atoms with Gasteiger partial charge in [-0.2, -0.15) is 0 Å². The summed E-state index contributed by atoms with van der Waals surface area (Å²) in [6.07, 6.45) is -2.24. The molecule has 28 heavy (non-hydrogen) atoms. The molecule has 3 amide bonds. The van der Waals surface area contributed by atoms with Gasteiger partial charge in [-0.05, 0) is 19.1 Å². The highest BCUT2D eigenvalue weighted by Gasteiger charge is 2.38. The predicted molar refractivity (Wildman–Crippen MR) is 96.1 cm³/mol. The lowest BCUT2D eigenvalue weighted by molar-refractivity contribution is -0.158. The summed E-state index contributed by atoms with van der Waals surface area (Å²) in [7, 11) is 4.08. The second-order valence-electron chi connectivity index (χ2n) is 6.00. The topological polar surface area (TPSA) is 120 Å². The molecule has 152 valence electrons. The van der Waals surface area contributed by atoms with Crippen molar-refractivity contribution < 1.29 is 38.1 Å². The molecule has 2 atom stereocenters. The van der Waals surface area contributed by atoms with E-state index in [1.807, 2.05) is 5.32 Å². The van der Waals surface area contributed by atoms with Crippen LogP contribution >= 0.6 is 0 Å². The molecule has 1 aromatic carbocycles. The summed E-state index contributed by atoms with van der Waals surface area (Å²) in [5.74, 6) is -1.58. The van der Waals surface area contributed by atoms with Crippen LogP contribution in [0.25, 0.3) is 0 Å². The lowest BCUT2D eigenvalue weighted by Gasteiger charge is -2.20. The van der Waals surface area contributed by atoms with Crippen molar-refractivity contribution in [2.24, 2.45) is 5.92 Å². The Morgan fingerprint density at radius 1 is 1.18 bits per heavy atom. The van der Waals surface area contributed by atoms with E-state index in [1.54, 1.807) is 18.2 Å². The monoisotopic (exact) mass is 394 g/mol. The van der Waals surface area contributed by atoms with Crippen molar-refractivity contribution in [3.05, 3.63) is 18.2 Å². The van der Waals surface area contributed by atoms with Gasteiger partial charge in [-0.1, -0.05) is 0 Å². The first-order valence-corrected chi connectivity index (χ1v) is 8.42. The molecule has 1 saturated heterocycles. The Bertz CT molecular complexity index is 779. The molecule has 0 aromatic heterocycles. The van der Waals surface area contributed by atoms with Crippen LogP contribution in [0.5, 0.6) is 11.5 Å². The number of imide groups is 1. The molecule has 1 heterocycles. The van der Waals surface area contributed by atoms with E-state index in [4.69, 9.17) is 14.2 Å². The van der Waals surface area contributed by atoms with Gasteiger partial charge < -0.3 is 23.8 Å². The normalized spacial score (nSPS) is 16.9. The zero-order valence-corrected chi connectivity index (χ0v) is 16.0. The van der Waals surface area contributed by atoms with Crippen LogP contribution in [0.4, 0.5) is 10.5 Å². The molecular formula is C18H22N2O8. The maximum Gasteiger partial charge on any atom is 0.413 e. The number of amides is 3. The van der Waals surface area contributed by atoms with E-state index in [0.29, 0.717) is 17.2 Å². The van der Waals surface area contributed by atoms with Gasteiger partial charge >= 0.3 is 12.1 Å². The number of esters is 1. The number of hydrogen-bond donors (Lipinski definition) is 1. The van der Waals surface area contributed by atoms with Crippen molar-refractivity contribution in [1.82, 2.24) is 5.32 Å². The molecule has 0 bridgehead atoms. The van der Waals surface area contributed by atoms with Gasteiger partial charge in [0.15, 0.2) is 6.10 Å². The van der Waals surface area contributed by atoms with E-state index in [9.17, 15) is 19.2 Å². The number of nitrogens with zero attached hydrogens (tertiary/aromatic N) is 1. The standard InChI is InChI=1S/C18H22N2O8/c1-10(16(22)19-18(24)27-4)28-17(23)11-7-15(21)20(9-11)13-6-5-12(25-2)8-14(13)26-3/h5-6,8,10-11H,7,9H2,1-4H3,(H,19,22,24)/t10-,11+/m0/s1. The maximum absolute atomic E-state index is 12.4. The largest absolute Gasteiger partial charge is 0.497 e. The number of ether oxygens (including phenoxy) is 4. The molecule has 1 aliphatic rings. The number of anilines is 1. The second-order valence-corrected chi connectivity index (χ2v) is 6.00. The molecule has 0 radical (unpaired) electrons. The summed E-state index contributed by atoms with van der Waals surface area (Å²) in [6, 6.07) is 4.97. The fourth-order valence-electron chi connectivity index (χ4n) is 2.68. The molecule has 10 nitrogen and oxygen atoms in total. The number of methoxy groups -OCH3 is 3. The average Bonchev–Trinajstić information content (AvgIpc) is 3.08. The first-order valence-electron chi connectivity index (χ1n) is 8.42. The van der Waals surface area contributed by atoms with Gasteiger partial charge in [-0.25, -0.2) is 4.79 Å². The third kappa shape index (κ3) is 4.70. The number of carbonyl (C=O) groups excluding carboxylic acids is 4. The summed E-state index contributed by atoms with van der Waals surface area (Å²) in [5, 5.41) is 1.91. The fourth-order valence-corrected chi connectivity index (χ4v) is 2.68. The average molecular weight is 394 g/mol. The molecule has 0 aliphatic carbocycles. The summed E-state index contributed by atoms with van der Waals surface area (Å²) in [4.78, 5) is 49.0. The number of rotatable bonds is 6. The molecule has 0 unspecified atom stereocenters. The Labute approximate surface area is 161 Å². The summed E-state index contributed by atoms with van der Waals surface area (Å²) < 4.78 is 19.8. The van der Waals surface area contributed by atoms with Gasteiger partial charge in [0.25, 0.3) is 5.91 Å². The van der Waals surface area contributed by atoms with Crippen LogP contribution < -0.4 is 19.7 Å². The highest BCUT2D eigenvalue weighted by molar-refractivity contribution is 6.01. The minimum absolute atomic E-state index is 0.0701. The van der Waals surface area contributed by atoms with E-state index >= 15 is 0 Å². The van der Waals surface area contributed by atoms with Gasteiger partial charge in [-0.3, -0.25) is 19.7 Å². The number of hydrogen-bond acceptors (Lipinski definition) is 8. The van der Waals surface area contributed by atoms with E-state index in [0.717, 1.165) is 7.11 Å². The van der Waals surface area contributed by atoms with Gasteiger partial charge in [0, 0.05) is 19.0 Å². The van der Waals surface area contributed by atoms with Crippen molar-refractivity contribution in [2.75, 3.05) is 32.8 Å². The van der Waals surface area contributed by atoms with Crippen LogP contribution in [0.15, 0.2) is 18.2 Å². The first-order chi connectivity index (χ1) is 13.3. The number of alkyl carbamates (subject to hydrolysis) is 1. The summed E-state index contributed by atoms with van der Waals surface area (Å²) in [6.45, 7) is 1.39. The van der Waals surface area contributed by atoms with Crippen molar-refractivity contribution in [1.29, 1.82) is 0 Å². The quantitative estimate of drug-likeness (QED) is 0.706. The number of benzene rings is 1.